The molecule has 3 N–H and O–H groups in total. The van der Waals surface area contributed by atoms with E-state index in [1.807, 2.05) is 30.3 Å². The van der Waals surface area contributed by atoms with Gasteiger partial charge in [0.05, 0.1) is 0 Å². The van der Waals surface area contributed by atoms with Crippen molar-refractivity contribution in [2.24, 2.45) is 5.73 Å². The van der Waals surface area contributed by atoms with E-state index < -0.39 is 0 Å². The highest BCUT2D eigenvalue weighted by Crippen LogP contribution is 2.22. The Morgan fingerprint density at radius 2 is 1.95 bits per heavy atom. The van der Waals surface area contributed by atoms with Gasteiger partial charge in [-0.3, -0.25) is 4.79 Å². The van der Waals surface area contributed by atoms with E-state index in [0.29, 0.717) is 17.3 Å². The number of benzene rings is 2. The molecule has 0 aliphatic heterocycles. The Morgan fingerprint density at radius 3 is 2.65 bits per heavy atom. The first-order valence-corrected chi connectivity index (χ1v) is 6.53. The van der Waals surface area contributed by atoms with Gasteiger partial charge in [0.2, 0.25) is 0 Å². The lowest BCUT2D eigenvalue weighted by molar-refractivity contribution is -0.118. The molecule has 2 aromatic carbocycles. The number of carbonyl (C=O) groups excluding carboxylic acids is 1. The second kappa shape index (κ2) is 6.93. The van der Waals surface area contributed by atoms with Gasteiger partial charge in [-0.15, -0.1) is 0 Å². The van der Waals surface area contributed by atoms with Crippen LogP contribution in [0.15, 0.2) is 48.5 Å². The Morgan fingerprint density at radius 1 is 1.20 bits per heavy atom. The summed E-state index contributed by atoms with van der Waals surface area (Å²) in [6.45, 7) is 0.222. The van der Waals surface area contributed by atoms with Crippen molar-refractivity contribution in [2.75, 3.05) is 11.9 Å². The SMILES string of the molecule is NCc1cc(Cl)ccc1OCC(=O)Nc1ccccc1. The van der Waals surface area contributed by atoms with E-state index in [0.717, 1.165) is 11.3 Å². The quantitative estimate of drug-likeness (QED) is 0.890. The number of nitrogens with one attached hydrogen (secondary N) is 1. The van der Waals surface area contributed by atoms with Crippen LogP contribution >= 0.6 is 11.6 Å². The standard InChI is InChI=1S/C15H15ClN2O2/c16-12-6-7-14(11(8-12)9-17)20-10-15(19)18-13-4-2-1-3-5-13/h1-8H,9-10,17H2,(H,18,19). The lowest BCUT2D eigenvalue weighted by atomic mass is 10.2. The van der Waals surface area contributed by atoms with Crippen LogP contribution in [-0.2, 0) is 11.3 Å². The lowest BCUT2D eigenvalue weighted by Gasteiger charge is -2.11. The molecule has 0 aliphatic rings. The van der Waals surface area contributed by atoms with E-state index in [1.165, 1.54) is 0 Å². The topological polar surface area (TPSA) is 64.3 Å². The molecule has 0 radical (unpaired) electrons. The Labute approximate surface area is 122 Å². The molecule has 0 heterocycles. The van der Waals surface area contributed by atoms with Crippen LogP contribution < -0.4 is 15.8 Å². The van der Waals surface area contributed by atoms with Crippen molar-refractivity contribution in [1.82, 2.24) is 0 Å². The van der Waals surface area contributed by atoms with Gasteiger partial charge in [-0.2, -0.15) is 0 Å². The first-order valence-electron chi connectivity index (χ1n) is 6.15. The predicted octanol–water partition coefficient (Wildman–Crippen LogP) is 2.82. The molecule has 0 unspecified atom stereocenters. The van der Waals surface area contributed by atoms with Crippen LogP contribution in [0.3, 0.4) is 0 Å². The highest BCUT2D eigenvalue weighted by molar-refractivity contribution is 6.30. The molecule has 0 fully saturated rings. The molecule has 2 aromatic rings. The van der Waals surface area contributed by atoms with Crippen molar-refractivity contribution in [3.8, 4) is 5.75 Å². The molecule has 4 nitrogen and oxygen atoms in total. The summed E-state index contributed by atoms with van der Waals surface area (Å²) in [4.78, 5) is 11.8. The average molecular weight is 291 g/mol. The van der Waals surface area contributed by atoms with Crippen LogP contribution in [0.4, 0.5) is 5.69 Å². The van der Waals surface area contributed by atoms with Crippen molar-refractivity contribution >= 4 is 23.2 Å². The number of ether oxygens (including phenoxy) is 1. The molecule has 0 saturated heterocycles. The lowest BCUT2D eigenvalue weighted by Crippen LogP contribution is -2.20. The number of nitrogens with two attached hydrogens (primary N) is 1. The van der Waals surface area contributed by atoms with Gasteiger partial charge in [-0.1, -0.05) is 29.8 Å². The number of hydrogen-bond acceptors (Lipinski definition) is 3. The minimum atomic E-state index is -0.228. The predicted molar refractivity (Wildman–Crippen MR) is 79.9 cm³/mol. The summed E-state index contributed by atoms with van der Waals surface area (Å²) in [5, 5.41) is 3.33. The second-order valence-electron chi connectivity index (χ2n) is 4.16. The van der Waals surface area contributed by atoms with Gasteiger partial charge >= 0.3 is 0 Å². The van der Waals surface area contributed by atoms with Crippen LogP contribution in [-0.4, -0.2) is 12.5 Å². The number of para-hydroxylation sites is 1. The Bertz CT molecular complexity index is 588. The number of carbonyl (C=O) groups is 1. The first kappa shape index (κ1) is 14.4. The van der Waals surface area contributed by atoms with Gasteiger partial charge < -0.3 is 15.8 Å². The minimum absolute atomic E-state index is 0.0798. The zero-order chi connectivity index (χ0) is 14.4. The van der Waals surface area contributed by atoms with Crippen molar-refractivity contribution in [1.29, 1.82) is 0 Å². The fraction of sp³-hybridized carbons (Fsp3) is 0.133. The molecule has 0 spiro atoms. The maximum Gasteiger partial charge on any atom is 0.262 e. The summed E-state index contributed by atoms with van der Waals surface area (Å²) in [5.74, 6) is 0.342. The van der Waals surface area contributed by atoms with Crippen molar-refractivity contribution in [3.63, 3.8) is 0 Å². The first-order chi connectivity index (χ1) is 9.69. The van der Waals surface area contributed by atoms with Crippen molar-refractivity contribution < 1.29 is 9.53 Å². The van der Waals surface area contributed by atoms with E-state index in [4.69, 9.17) is 22.1 Å². The molecule has 0 aromatic heterocycles. The highest BCUT2D eigenvalue weighted by atomic mass is 35.5. The summed E-state index contributed by atoms with van der Waals surface area (Å²) in [5.41, 5.74) is 7.11. The van der Waals surface area contributed by atoms with E-state index in [2.05, 4.69) is 5.32 Å². The molecule has 2 rings (SSSR count). The number of halogens is 1. The van der Waals surface area contributed by atoms with Gasteiger partial charge in [0, 0.05) is 22.8 Å². The summed E-state index contributed by atoms with van der Waals surface area (Å²) in [7, 11) is 0. The van der Waals surface area contributed by atoms with Gasteiger partial charge in [-0.25, -0.2) is 0 Å². The second-order valence-corrected chi connectivity index (χ2v) is 4.60. The van der Waals surface area contributed by atoms with Gasteiger partial charge in [0.15, 0.2) is 6.61 Å². The molecule has 1 amide bonds. The molecule has 104 valence electrons. The third kappa shape index (κ3) is 3.98. The Hall–Kier alpha value is -2.04. The van der Waals surface area contributed by atoms with E-state index >= 15 is 0 Å². The van der Waals surface area contributed by atoms with E-state index in [-0.39, 0.29) is 12.5 Å². The summed E-state index contributed by atoms with van der Waals surface area (Å²) in [6.07, 6.45) is 0. The third-order valence-corrected chi connectivity index (χ3v) is 2.89. The molecular weight excluding hydrogens is 276 g/mol. The number of anilines is 1. The van der Waals surface area contributed by atoms with Gasteiger partial charge in [-0.05, 0) is 30.3 Å². The van der Waals surface area contributed by atoms with Gasteiger partial charge in [0.25, 0.3) is 5.91 Å². The molecular formula is C15H15ClN2O2. The highest BCUT2D eigenvalue weighted by Gasteiger charge is 2.07. The van der Waals surface area contributed by atoms with Crippen LogP contribution in [0, 0.1) is 0 Å². The van der Waals surface area contributed by atoms with Crippen LogP contribution in [0.5, 0.6) is 5.75 Å². The van der Waals surface area contributed by atoms with E-state index in [9.17, 15) is 4.79 Å². The Kier molecular flexibility index (Phi) is 4.98. The normalized spacial score (nSPS) is 10.1. The zero-order valence-electron chi connectivity index (χ0n) is 10.8. The maximum absolute atomic E-state index is 11.8. The average Bonchev–Trinajstić information content (AvgIpc) is 2.47. The van der Waals surface area contributed by atoms with Gasteiger partial charge in [0.1, 0.15) is 5.75 Å². The van der Waals surface area contributed by atoms with Crippen molar-refractivity contribution in [3.05, 3.63) is 59.1 Å². The number of rotatable bonds is 5. The number of amides is 1. The van der Waals surface area contributed by atoms with E-state index in [1.54, 1.807) is 18.2 Å². The molecule has 5 heteroatoms. The fourth-order valence-electron chi connectivity index (χ4n) is 1.71. The molecule has 0 aliphatic carbocycles. The smallest absolute Gasteiger partial charge is 0.262 e. The molecule has 0 saturated carbocycles. The summed E-state index contributed by atoms with van der Waals surface area (Å²) in [6, 6.07) is 14.3. The number of hydrogen-bond donors (Lipinski definition) is 2. The fourth-order valence-corrected chi connectivity index (χ4v) is 1.90. The molecule has 0 bridgehead atoms. The largest absolute Gasteiger partial charge is 0.483 e. The summed E-state index contributed by atoms with van der Waals surface area (Å²) >= 11 is 5.88. The molecule has 20 heavy (non-hydrogen) atoms. The monoisotopic (exact) mass is 290 g/mol. The maximum atomic E-state index is 11.8. The zero-order valence-corrected chi connectivity index (χ0v) is 11.6. The third-order valence-electron chi connectivity index (χ3n) is 2.66. The van der Waals surface area contributed by atoms with Crippen LogP contribution in [0.25, 0.3) is 0 Å². The van der Waals surface area contributed by atoms with Crippen LogP contribution in [0.1, 0.15) is 5.56 Å². The minimum Gasteiger partial charge on any atom is -0.483 e. The van der Waals surface area contributed by atoms with Crippen molar-refractivity contribution in [2.45, 2.75) is 6.54 Å². The summed E-state index contributed by atoms with van der Waals surface area (Å²) < 4.78 is 5.47. The van der Waals surface area contributed by atoms with Crippen LogP contribution in [0.2, 0.25) is 5.02 Å². The molecule has 0 atom stereocenters. The Balaban J connectivity index is 1.93.